The summed E-state index contributed by atoms with van der Waals surface area (Å²) in [6.07, 6.45) is 0. The van der Waals surface area contributed by atoms with Crippen molar-refractivity contribution in [2.45, 2.75) is 19.3 Å². The smallest absolute Gasteiger partial charge is 0.165 e. The molecule has 246 valence electrons. The molecule has 3 heterocycles. The molecular weight excluding hydrogens is 633 g/mol. The molecule has 0 saturated heterocycles. The minimum atomic E-state index is -0.115. The summed E-state index contributed by atoms with van der Waals surface area (Å²) in [6, 6.07) is 61.4. The highest BCUT2D eigenvalue weighted by Crippen LogP contribution is 2.50. The van der Waals surface area contributed by atoms with Crippen LogP contribution >= 0.6 is 0 Å². The zero-order valence-electron chi connectivity index (χ0n) is 29.0. The number of nitrogens with zero attached hydrogens (tertiary/aromatic N) is 4. The van der Waals surface area contributed by atoms with Crippen molar-refractivity contribution in [1.29, 1.82) is 0 Å². The van der Waals surface area contributed by atoms with Gasteiger partial charge in [-0.25, -0.2) is 4.98 Å². The molecule has 4 heteroatoms. The number of hydrogen-bond donors (Lipinski definition) is 0. The zero-order valence-corrected chi connectivity index (χ0v) is 29.0. The monoisotopic (exact) mass is 666 g/mol. The summed E-state index contributed by atoms with van der Waals surface area (Å²) in [4.78, 5) is 5.54. The molecular formula is C48H34N4. The van der Waals surface area contributed by atoms with Crippen LogP contribution in [0.4, 0.5) is 0 Å². The van der Waals surface area contributed by atoms with E-state index in [1.165, 1.54) is 49.4 Å². The van der Waals surface area contributed by atoms with Gasteiger partial charge in [-0.2, -0.15) is 0 Å². The van der Waals surface area contributed by atoms with Crippen molar-refractivity contribution in [1.82, 2.24) is 18.7 Å². The zero-order chi connectivity index (χ0) is 34.6. The van der Waals surface area contributed by atoms with E-state index >= 15 is 0 Å². The SMILES string of the molecule is CC1(C)c2ccccc2-c2ccc(-n3c4ccccc4c4ccc5c(c6c(nc(-c7ccccc7)n6-c6ccccc6)n5-c5ccccc5)c43)cc21. The highest BCUT2D eigenvalue weighted by Gasteiger charge is 2.36. The molecule has 0 saturated carbocycles. The molecule has 0 amide bonds. The van der Waals surface area contributed by atoms with Gasteiger partial charge in [-0.1, -0.05) is 135 Å². The van der Waals surface area contributed by atoms with Crippen LogP contribution in [-0.4, -0.2) is 18.7 Å². The van der Waals surface area contributed by atoms with Crippen LogP contribution in [0, 0.1) is 0 Å². The van der Waals surface area contributed by atoms with E-state index in [9.17, 15) is 0 Å². The molecule has 11 rings (SSSR count). The molecule has 0 unspecified atom stereocenters. The number of rotatable bonds is 4. The summed E-state index contributed by atoms with van der Waals surface area (Å²) in [7, 11) is 0. The molecule has 0 bridgehead atoms. The Morgan fingerprint density at radius 3 is 1.85 bits per heavy atom. The van der Waals surface area contributed by atoms with Gasteiger partial charge < -0.3 is 4.57 Å². The van der Waals surface area contributed by atoms with Gasteiger partial charge in [0, 0.05) is 38.8 Å². The molecule has 7 aromatic carbocycles. The van der Waals surface area contributed by atoms with E-state index in [-0.39, 0.29) is 5.41 Å². The number of aromatic nitrogens is 4. The lowest BCUT2D eigenvalue weighted by atomic mass is 9.82. The quantitative estimate of drug-likeness (QED) is 0.184. The summed E-state index contributed by atoms with van der Waals surface area (Å²) < 4.78 is 7.22. The predicted molar refractivity (Wildman–Crippen MR) is 215 cm³/mol. The number of benzene rings is 7. The summed E-state index contributed by atoms with van der Waals surface area (Å²) in [5.41, 5.74) is 15.2. The summed E-state index contributed by atoms with van der Waals surface area (Å²) in [5.74, 6) is 0.917. The fraction of sp³-hybridized carbons (Fsp3) is 0.0625. The third-order valence-electron chi connectivity index (χ3n) is 11.2. The first kappa shape index (κ1) is 29.1. The predicted octanol–water partition coefficient (Wildman–Crippen LogP) is 12.0. The summed E-state index contributed by atoms with van der Waals surface area (Å²) in [6.45, 7) is 4.72. The van der Waals surface area contributed by atoms with E-state index in [0.29, 0.717) is 0 Å². The maximum Gasteiger partial charge on any atom is 0.165 e. The van der Waals surface area contributed by atoms with Crippen LogP contribution in [0.5, 0.6) is 0 Å². The maximum atomic E-state index is 5.54. The van der Waals surface area contributed by atoms with Crippen LogP contribution in [0.15, 0.2) is 170 Å². The van der Waals surface area contributed by atoms with Crippen LogP contribution in [0.25, 0.3) is 83.4 Å². The summed E-state index contributed by atoms with van der Waals surface area (Å²) >= 11 is 0. The Morgan fingerprint density at radius 1 is 0.442 bits per heavy atom. The maximum absolute atomic E-state index is 5.54. The van der Waals surface area contributed by atoms with Gasteiger partial charge in [-0.05, 0) is 70.8 Å². The van der Waals surface area contributed by atoms with Crippen molar-refractivity contribution in [3.8, 4) is 39.6 Å². The van der Waals surface area contributed by atoms with Crippen LogP contribution in [-0.2, 0) is 5.41 Å². The molecule has 1 aliphatic rings. The van der Waals surface area contributed by atoms with Gasteiger partial charge in [0.2, 0.25) is 0 Å². The van der Waals surface area contributed by atoms with E-state index in [4.69, 9.17) is 4.98 Å². The van der Waals surface area contributed by atoms with E-state index in [2.05, 4.69) is 197 Å². The second-order valence-electron chi connectivity index (χ2n) is 14.4. The topological polar surface area (TPSA) is 27.7 Å². The van der Waals surface area contributed by atoms with Crippen LogP contribution in [0.2, 0.25) is 0 Å². The molecule has 0 aliphatic heterocycles. The second-order valence-corrected chi connectivity index (χ2v) is 14.4. The summed E-state index contributed by atoms with van der Waals surface area (Å²) in [5, 5.41) is 3.63. The van der Waals surface area contributed by atoms with Crippen molar-refractivity contribution in [3.63, 3.8) is 0 Å². The van der Waals surface area contributed by atoms with Crippen molar-refractivity contribution in [3.05, 3.63) is 181 Å². The lowest BCUT2D eigenvalue weighted by molar-refractivity contribution is 0.660. The fourth-order valence-corrected chi connectivity index (χ4v) is 8.92. The molecule has 4 nitrogen and oxygen atoms in total. The average molecular weight is 667 g/mol. The van der Waals surface area contributed by atoms with Gasteiger partial charge in [0.1, 0.15) is 11.3 Å². The lowest BCUT2D eigenvalue weighted by Crippen LogP contribution is -2.15. The minimum absolute atomic E-state index is 0.115. The average Bonchev–Trinajstić information content (AvgIpc) is 3.90. The van der Waals surface area contributed by atoms with Crippen LogP contribution < -0.4 is 0 Å². The van der Waals surface area contributed by atoms with Crippen LogP contribution in [0.3, 0.4) is 0 Å². The Hall–Kier alpha value is -6.65. The van der Waals surface area contributed by atoms with E-state index in [1.807, 2.05) is 0 Å². The number of fused-ring (bicyclic) bond motifs is 10. The Bertz CT molecular complexity index is 3020. The Morgan fingerprint density at radius 2 is 1.08 bits per heavy atom. The molecule has 0 atom stereocenters. The van der Waals surface area contributed by atoms with Gasteiger partial charge in [0.15, 0.2) is 5.65 Å². The normalized spacial score (nSPS) is 13.3. The number of para-hydroxylation sites is 3. The lowest BCUT2D eigenvalue weighted by Gasteiger charge is -2.22. The highest BCUT2D eigenvalue weighted by atomic mass is 15.2. The Balaban J connectivity index is 1.34. The standard InChI is InChI=1S/C48H34N4/c1-48(2)39-24-14-12-22-35(39)36-27-26-34(30-40(36)48)50-41-25-15-13-23-37(41)38-28-29-42-43(44(38)50)45-47(51(42)32-18-8-4-9-19-32)49-46(31-16-6-3-7-17-31)52(45)33-20-10-5-11-21-33/h3-30H,1-2H3. The first-order valence-corrected chi connectivity index (χ1v) is 18.0. The fourth-order valence-electron chi connectivity index (χ4n) is 8.92. The molecule has 10 aromatic rings. The first-order valence-electron chi connectivity index (χ1n) is 18.0. The van der Waals surface area contributed by atoms with Crippen molar-refractivity contribution in [2.75, 3.05) is 0 Å². The van der Waals surface area contributed by atoms with E-state index < -0.39 is 0 Å². The molecule has 0 fully saturated rings. The first-order chi connectivity index (χ1) is 25.6. The Labute approximate surface area is 301 Å². The minimum Gasteiger partial charge on any atom is -0.308 e. The molecule has 52 heavy (non-hydrogen) atoms. The van der Waals surface area contributed by atoms with Crippen LogP contribution in [0.1, 0.15) is 25.0 Å². The van der Waals surface area contributed by atoms with Gasteiger partial charge >= 0.3 is 0 Å². The third kappa shape index (κ3) is 3.89. The van der Waals surface area contributed by atoms with Crippen molar-refractivity contribution >= 4 is 43.9 Å². The molecule has 3 aromatic heterocycles. The molecule has 0 N–H and O–H groups in total. The molecule has 0 radical (unpaired) electrons. The molecule has 0 spiro atoms. The Kier molecular flexibility index (Phi) is 5.98. The van der Waals surface area contributed by atoms with E-state index in [1.54, 1.807) is 0 Å². The second kappa shape index (κ2) is 10.7. The highest BCUT2D eigenvalue weighted by molar-refractivity contribution is 6.25. The van der Waals surface area contributed by atoms with Gasteiger partial charge in [0.05, 0.1) is 21.9 Å². The van der Waals surface area contributed by atoms with Gasteiger partial charge in [0.25, 0.3) is 0 Å². The van der Waals surface area contributed by atoms with Gasteiger partial charge in [-0.3, -0.25) is 9.13 Å². The largest absolute Gasteiger partial charge is 0.308 e. The van der Waals surface area contributed by atoms with Crippen molar-refractivity contribution < 1.29 is 0 Å². The molecule has 1 aliphatic carbocycles. The number of hydrogen-bond acceptors (Lipinski definition) is 1. The third-order valence-corrected chi connectivity index (χ3v) is 11.2. The number of imidazole rings is 1. The van der Waals surface area contributed by atoms with E-state index in [0.717, 1.165) is 45.1 Å². The van der Waals surface area contributed by atoms with Gasteiger partial charge in [-0.15, -0.1) is 0 Å². The van der Waals surface area contributed by atoms with Crippen molar-refractivity contribution in [2.24, 2.45) is 0 Å².